The maximum Gasteiger partial charge on any atom is 0.373 e. The van der Waals surface area contributed by atoms with Gasteiger partial charge in [0, 0.05) is 13.0 Å². The third-order valence-electron chi connectivity index (χ3n) is 5.50. The molecular weight excluding hydrogens is 242 g/mol. The zero-order valence-electron chi connectivity index (χ0n) is 11.1. The van der Waals surface area contributed by atoms with E-state index in [0.717, 1.165) is 17.7 Å². The third-order valence-corrected chi connectivity index (χ3v) is 5.50. The SMILES string of the molecule is Cn1nc(C2C3CC4CC(C3)CC2C4)nc1C(=O)O. The van der Waals surface area contributed by atoms with Crippen molar-refractivity contribution in [3.63, 3.8) is 0 Å². The first-order valence-electron chi connectivity index (χ1n) is 7.26. The van der Waals surface area contributed by atoms with Gasteiger partial charge in [0.2, 0.25) is 5.82 Å². The highest BCUT2D eigenvalue weighted by molar-refractivity contribution is 5.83. The number of hydrogen-bond donors (Lipinski definition) is 1. The van der Waals surface area contributed by atoms with Crippen LogP contribution in [0, 0.1) is 23.7 Å². The van der Waals surface area contributed by atoms with Crippen LogP contribution in [0.4, 0.5) is 0 Å². The van der Waals surface area contributed by atoms with E-state index in [0.29, 0.717) is 17.8 Å². The van der Waals surface area contributed by atoms with Gasteiger partial charge >= 0.3 is 5.97 Å². The first-order chi connectivity index (χ1) is 9.11. The summed E-state index contributed by atoms with van der Waals surface area (Å²) in [5.41, 5.74) is 0. The number of carboxylic acid groups (broad SMARTS) is 1. The molecule has 4 saturated carbocycles. The van der Waals surface area contributed by atoms with Crippen molar-refractivity contribution in [1.29, 1.82) is 0 Å². The smallest absolute Gasteiger partial charge is 0.373 e. The molecule has 5 nitrogen and oxygen atoms in total. The minimum atomic E-state index is -0.981. The van der Waals surface area contributed by atoms with Crippen molar-refractivity contribution in [3.05, 3.63) is 11.6 Å². The van der Waals surface area contributed by atoms with Crippen molar-refractivity contribution in [3.8, 4) is 0 Å². The van der Waals surface area contributed by atoms with E-state index in [1.807, 2.05) is 0 Å². The number of aromatic carboxylic acids is 1. The monoisotopic (exact) mass is 261 g/mol. The molecule has 1 aromatic heterocycles. The number of aromatic nitrogens is 3. The Hall–Kier alpha value is -1.39. The van der Waals surface area contributed by atoms with Gasteiger partial charge in [-0.05, 0) is 55.8 Å². The molecule has 1 N–H and O–H groups in total. The van der Waals surface area contributed by atoms with Crippen LogP contribution >= 0.6 is 0 Å². The summed E-state index contributed by atoms with van der Waals surface area (Å²) in [6.07, 6.45) is 6.64. The molecule has 4 bridgehead atoms. The average Bonchev–Trinajstić information content (AvgIpc) is 2.69. The first kappa shape index (κ1) is 11.4. The summed E-state index contributed by atoms with van der Waals surface area (Å²) in [5, 5.41) is 13.5. The second-order valence-corrected chi connectivity index (χ2v) is 6.68. The fourth-order valence-electron chi connectivity index (χ4n) is 5.08. The number of rotatable bonds is 2. The Balaban J connectivity index is 1.69. The van der Waals surface area contributed by atoms with Crippen molar-refractivity contribution in [2.75, 3.05) is 0 Å². The van der Waals surface area contributed by atoms with E-state index >= 15 is 0 Å². The maximum atomic E-state index is 11.1. The van der Waals surface area contributed by atoms with E-state index in [4.69, 9.17) is 5.11 Å². The van der Waals surface area contributed by atoms with E-state index in [9.17, 15) is 4.79 Å². The second kappa shape index (κ2) is 3.81. The summed E-state index contributed by atoms with van der Waals surface area (Å²) in [5.74, 6) is 3.51. The van der Waals surface area contributed by atoms with Crippen LogP contribution in [0.25, 0.3) is 0 Å². The molecule has 0 unspecified atom stereocenters. The van der Waals surface area contributed by atoms with E-state index in [1.165, 1.54) is 36.8 Å². The summed E-state index contributed by atoms with van der Waals surface area (Å²) >= 11 is 0. The van der Waals surface area contributed by atoms with Gasteiger partial charge < -0.3 is 5.11 Å². The molecule has 0 amide bonds. The van der Waals surface area contributed by atoms with Gasteiger partial charge in [0.05, 0.1) is 0 Å². The minimum Gasteiger partial charge on any atom is -0.475 e. The summed E-state index contributed by atoms with van der Waals surface area (Å²) in [6, 6.07) is 0. The third kappa shape index (κ3) is 1.63. The maximum absolute atomic E-state index is 11.1. The molecule has 0 aromatic carbocycles. The fraction of sp³-hybridized carbons (Fsp3) is 0.786. The number of hydrogen-bond acceptors (Lipinski definition) is 3. The van der Waals surface area contributed by atoms with Gasteiger partial charge in [0.25, 0.3) is 0 Å². The topological polar surface area (TPSA) is 68.0 Å². The highest BCUT2D eigenvalue weighted by atomic mass is 16.4. The van der Waals surface area contributed by atoms with E-state index < -0.39 is 5.97 Å². The Labute approximate surface area is 112 Å². The number of carboxylic acids is 1. The molecule has 4 fully saturated rings. The lowest BCUT2D eigenvalue weighted by Gasteiger charge is -2.53. The molecule has 1 aromatic rings. The van der Waals surface area contributed by atoms with Gasteiger partial charge in [-0.3, -0.25) is 0 Å². The molecule has 0 aliphatic heterocycles. The van der Waals surface area contributed by atoms with Gasteiger partial charge in [-0.15, -0.1) is 0 Å². The van der Waals surface area contributed by atoms with E-state index in [1.54, 1.807) is 7.05 Å². The molecule has 0 spiro atoms. The molecule has 19 heavy (non-hydrogen) atoms. The lowest BCUT2D eigenvalue weighted by molar-refractivity contribution is -0.00568. The summed E-state index contributed by atoms with van der Waals surface area (Å²) in [7, 11) is 1.68. The van der Waals surface area contributed by atoms with Gasteiger partial charge in [-0.2, -0.15) is 5.10 Å². The minimum absolute atomic E-state index is 0.0730. The van der Waals surface area contributed by atoms with E-state index in [2.05, 4.69) is 10.1 Å². The van der Waals surface area contributed by atoms with Crippen LogP contribution in [0.3, 0.4) is 0 Å². The summed E-state index contributed by atoms with van der Waals surface area (Å²) in [6.45, 7) is 0. The lowest BCUT2D eigenvalue weighted by Crippen LogP contribution is -2.44. The average molecular weight is 261 g/mol. The van der Waals surface area contributed by atoms with Crippen molar-refractivity contribution < 1.29 is 9.90 Å². The van der Waals surface area contributed by atoms with Crippen LogP contribution in [0.5, 0.6) is 0 Å². The Morgan fingerprint density at radius 3 is 2.21 bits per heavy atom. The van der Waals surface area contributed by atoms with Gasteiger partial charge in [-0.25, -0.2) is 14.5 Å². The van der Waals surface area contributed by atoms with Gasteiger partial charge in [-0.1, -0.05) is 0 Å². The summed E-state index contributed by atoms with van der Waals surface area (Å²) in [4.78, 5) is 15.4. The van der Waals surface area contributed by atoms with Crippen LogP contribution in [0.2, 0.25) is 0 Å². The van der Waals surface area contributed by atoms with Crippen LogP contribution < -0.4 is 0 Å². The molecule has 4 aliphatic carbocycles. The molecule has 0 saturated heterocycles. The predicted molar refractivity (Wildman–Crippen MR) is 67.7 cm³/mol. The predicted octanol–water partition coefficient (Wildman–Crippen LogP) is 2.05. The van der Waals surface area contributed by atoms with Gasteiger partial charge in [0.15, 0.2) is 5.82 Å². The largest absolute Gasteiger partial charge is 0.475 e. The zero-order valence-corrected chi connectivity index (χ0v) is 11.1. The number of nitrogens with zero attached hydrogens (tertiary/aromatic N) is 3. The molecule has 4 aliphatic rings. The quantitative estimate of drug-likeness (QED) is 0.884. The fourth-order valence-corrected chi connectivity index (χ4v) is 5.08. The van der Waals surface area contributed by atoms with Crippen LogP contribution in [-0.4, -0.2) is 25.8 Å². The standard InChI is InChI=1S/C14H19N3O2/c1-17-13(14(18)19)15-12(16-17)11-9-3-7-2-8(5-9)6-10(11)4-7/h7-11H,2-6H2,1H3,(H,18,19). The highest BCUT2D eigenvalue weighted by Crippen LogP contribution is 2.59. The second-order valence-electron chi connectivity index (χ2n) is 6.68. The van der Waals surface area contributed by atoms with Crippen LogP contribution in [0.1, 0.15) is 54.5 Å². The normalized spacial score (nSPS) is 39.7. The Morgan fingerprint density at radius 1 is 1.16 bits per heavy atom. The molecule has 5 heteroatoms. The molecular formula is C14H19N3O2. The Bertz CT molecular complexity index is 509. The van der Waals surface area contributed by atoms with Crippen molar-refractivity contribution in [2.24, 2.45) is 30.7 Å². The van der Waals surface area contributed by atoms with Crippen molar-refractivity contribution in [2.45, 2.75) is 38.0 Å². The van der Waals surface area contributed by atoms with Crippen molar-refractivity contribution in [1.82, 2.24) is 14.8 Å². The van der Waals surface area contributed by atoms with Crippen molar-refractivity contribution >= 4 is 5.97 Å². The molecule has 0 radical (unpaired) electrons. The number of carbonyl (C=O) groups is 1. The van der Waals surface area contributed by atoms with Gasteiger partial charge in [0.1, 0.15) is 0 Å². The first-order valence-corrected chi connectivity index (χ1v) is 7.26. The molecule has 1 heterocycles. The Morgan fingerprint density at radius 2 is 1.74 bits per heavy atom. The Kier molecular flexibility index (Phi) is 2.29. The summed E-state index contributed by atoms with van der Waals surface area (Å²) < 4.78 is 1.42. The lowest BCUT2D eigenvalue weighted by atomic mass is 9.52. The number of aryl methyl sites for hydroxylation is 1. The van der Waals surface area contributed by atoms with E-state index in [-0.39, 0.29) is 5.82 Å². The highest BCUT2D eigenvalue weighted by Gasteiger charge is 2.50. The van der Waals surface area contributed by atoms with Crippen LogP contribution in [-0.2, 0) is 7.05 Å². The molecule has 0 atom stereocenters. The molecule has 5 rings (SSSR count). The van der Waals surface area contributed by atoms with Crippen LogP contribution in [0.15, 0.2) is 0 Å². The molecule has 102 valence electrons. The zero-order chi connectivity index (χ0) is 13.1.